The second kappa shape index (κ2) is 7.97. The van der Waals surface area contributed by atoms with Crippen molar-refractivity contribution in [3.05, 3.63) is 76.4 Å². The molecule has 0 saturated heterocycles. The summed E-state index contributed by atoms with van der Waals surface area (Å²) in [6, 6.07) is 10.9. The number of aromatic nitrogens is 1. The molecule has 0 atom stereocenters. The normalized spacial score (nSPS) is 17.2. The van der Waals surface area contributed by atoms with E-state index in [0.717, 1.165) is 11.8 Å². The molecule has 0 bridgehead atoms. The Bertz CT molecular complexity index is 906. The molecule has 0 aliphatic carbocycles. The lowest BCUT2D eigenvalue weighted by Gasteiger charge is -2.03. The Balaban J connectivity index is 2.02. The van der Waals surface area contributed by atoms with E-state index in [9.17, 15) is 14.3 Å². The Morgan fingerprint density at radius 1 is 1.31 bits per heavy atom. The lowest BCUT2D eigenvalue weighted by molar-refractivity contribution is -0.138. The zero-order valence-electron chi connectivity index (χ0n) is 13.8. The van der Waals surface area contributed by atoms with Gasteiger partial charge in [-0.05, 0) is 49.4 Å². The molecule has 5 nitrogen and oxygen atoms in total. The van der Waals surface area contributed by atoms with E-state index in [1.807, 2.05) is 6.07 Å². The molecule has 1 aromatic carbocycles. The van der Waals surface area contributed by atoms with E-state index in [1.54, 1.807) is 31.3 Å². The maximum atomic E-state index is 13.1. The van der Waals surface area contributed by atoms with Gasteiger partial charge in [0, 0.05) is 6.20 Å². The van der Waals surface area contributed by atoms with Crippen LogP contribution in [0, 0.1) is 5.82 Å². The number of pyridine rings is 1. The number of esters is 1. The van der Waals surface area contributed by atoms with Gasteiger partial charge in [0.05, 0.1) is 22.9 Å². The minimum Gasteiger partial charge on any atom is -0.506 e. The number of nitrogens with zero attached hydrogens (tertiary/aromatic N) is 2. The molecule has 2 heterocycles. The molecule has 0 saturated carbocycles. The first-order valence-electron chi connectivity index (χ1n) is 7.84. The van der Waals surface area contributed by atoms with Crippen molar-refractivity contribution in [2.75, 3.05) is 6.61 Å². The van der Waals surface area contributed by atoms with Crippen LogP contribution in [0.3, 0.4) is 0 Å². The third kappa shape index (κ3) is 4.00. The molecular formula is C19H15FN2O3S. The van der Waals surface area contributed by atoms with Gasteiger partial charge in [0.1, 0.15) is 22.2 Å². The third-order valence-corrected chi connectivity index (χ3v) is 4.41. The van der Waals surface area contributed by atoms with Crippen LogP contribution in [0.1, 0.15) is 12.6 Å². The summed E-state index contributed by atoms with van der Waals surface area (Å²) in [6.07, 6.45) is 3.29. The van der Waals surface area contributed by atoms with Gasteiger partial charge in [-0.25, -0.2) is 14.2 Å². The van der Waals surface area contributed by atoms with Gasteiger partial charge in [-0.15, -0.1) is 0 Å². The van der Waals surface area contributed by atoms with Crippen LogP contribution in [0.25, 0.3) is 6.08 Å². The number of benzene rings is 1. The molecule has 2 aromatic rings. The zero-order valence-corrected chi connectivity index (χ0v) is 14.7. The molecule has 26 heavy (non-hydrogen) atoms. The molecule has 1 N–H and O–H groups in total. The van der Waals surface area contributed by atoms with Gasteiger partial charge in [-0.3, -0.25) is 4.98 Å². The van der Waals surface area contributed by atoms with E-state index < -0.39 is 5.97 Å². The first-order valence-corrected chi connectivity index (χ1v) is 8.66. The standard InChI is InChI=1S/C19H15FN2O3S/c1-2-25-19(24)16-17(23)15(11-14-5-3-4-10-21-14)26-18(16)22-13-8-6-12(20)7-9-13/h3-11,23H,2H2,1H3. The molecule has 7 heteroatoms. The number of halogens is 1. The van der Waals surface area contributed by atoms with E-state index in [2.05, 4.69) is 9.98 Å². The monoisotopic (exact) mass is 370 g/mol. The molecule has 1 aromatic heterocycles. The van der Waals surface area contributed by atoms with Crippen molar-refractivity contribution in [2.45, 2.75) is 6.92 Å². The van der Waals surface area contributed by atoms with Crippen LogP contribution in [0.4, 0.5) is 10.1 Å². The predicted molar refractivity (Wildman–Crippen MR) is 99.6 cm³/mol. The van der Waals surface area contributed by atoms with Gasteiger partial charge in [-0.2, -0.15) is 0 Å². The Morgan fingerprint density at radius 3 is 2.73 bits per heavy atom. The number of aliphatic hydroxyl groups excluding tert-OH is 1. The molecule has 0 fully saturated rings. The number of hydrogen-bond donors (Lipinski definition) is 1. The van der Waals surface area contributed by atoms with E-state index in [0.29, 0.717) is 16.3 Å². The summed E-state index contributed by atoms with van der Waals surface area (Å²) in [7, 11) is 0. The maximum Gasteiger partial charge on any atom is 0.344 e. The molecule has 0 spiro atoms. The molecule has 0 unspecified atom stereocenters. The average Bonchev–Trinajstić information content (AvgIpc) is 2.93. The largest absolute Gasteiger partial charge is 0.506 e. The fourth-order valence-corrected chi connectivity index (χ4v) is 3.24. The fraction of sp³-hybridized carbons (Fsp3) is 0.105. The highest BCUT2D eigenvalue weighted by atomic mass is 32.2. The molecular weight excluding hydrogens is 355 g/mol. The van der Waals surface area contributed by atoms with Crippen molar-refractivity contribution >= 4 is 34.5 Å². The molecule has 1 aliphatic rings. The molecule has 0 amide bonds. The summed E-state index contributed by atoms with van der Waals surface area (Å²) in [5.74, 6) is -1.25. The highest BCUT2D eigenvalue weighted by Crippen LogP contribution is 2.40. The number of rotatable bonds is 4. The minimum atomic E-state index is -0.664. The minimum absolute atomic E-state index is 0.0108. The Kier molecular flexibility index (Phi) is 5.48. The second-order valence-corrected chi connectivity index (χ2v) is 6.23. The van der Waals surface area contributed by atoms with Crippen molar-refractivity contribution in [2.24, 2.45) is 4.99 Å². The lowest BCUT2D eigenvalue weighted by Crippen LogP contribution is -2.12. The van der Waals surface area contributed by atoms with Crippen molar-refractivity contribution in [1.29, 1.82) is 0 Å². The van der Waals surface area contributed by atoms with Crippen molar-refractivity contribution in [3.8, 4) is 0 Å². The van der Waals surface area contributed by atoms with Gasteiger partial charge in [0.15, 0.2) is 0 Å². The number of thioether (sulfide) groups is 1. The van der Waals surface area contributed by atoms with Crippen LogP contribution < -0.4 is 0 Å². The smallest absolute Gasteiger partial charge is 0.344 e. The highest BCUT2D eigenvalue weighted by Gasteiger charge is 2.33. The van der Waals surface area contributed by atoms with Crippen LogP contribution >= 0.6 is 11.8 Å². The van der Waals surface area contributed by atoms with Gasteiger partial charge < -0.3 is 9.84 Å². The fourth-order valence-electron chi connectivity index (χ4n) is 2.22. The van der Waals surface area contributed by atoms with Gasteiger partial charge in [0.2, 0.25) is 0 Å². The molecule has 0 radical (unpaired) electrons. The van der Waals surface area contributed by atoms with Crippen molar-refractivity contribution < 1.29 is 19.0 Å². The van der Waals surface area contributed by atoms with E-state index >= 15 is 0 Å². The van der Waals surface area contributed by atoms with E-state index in [4.69, 9.17) is 4.74 Å². The number of hydrogen-bond acceptors (Lipinski definition) is 6. The summed E-state index contributed by atoms with van der Waals surface area (Å²) in [5.41, 5.74) is 1.08. The number of aliphatic hydroxyl groups is 1. The van der Waals surface area contributed by atoms with Crippen molar-refractivity contribution in [3.63, 3.8) is 0 Å². The van der Waals surface area contributed by atoms with Crippen LogP contribution in [0.15, 0.2) is 69.9 Å². The van der Waals surface area contributed by atoms with Crippen molar-refractivity contribution in [1.82, 2.24) is 4.98 Å². The summed E-state index contributed by atoms with van der Waals surface area (Å²) >= 11 is 1.13. The topological polar surface area (TPSA) is 71.8 Å². The summed E-state index contributed by atoms with van der Waals surface area (Å²) in [4.78, 5) is 21.2. The molecule has 1 aliphatic heterocycles. The van der Waals surface area contributed by atoms with Gasteiger partial charge in [0.25, 0.3) is 0 Å². The van der Waals surface area contributed by atoms with E-state index in [1.165, 1.54) is 24.3 Å². The number of aliphatic imine (C=N–C) groups is 1. The maximum absolute atomic E-state index is 13.1. The summed E-state index contributed by atoms with van der Waals surface area (Å²) in [6.45, 7) is 1.85. The highest BCUT2D eigenvalue weighted by molar-refractivity contribution is 8.18. The Morgan fingerprint density at radius 2 is 2.08 bits per heavy atom. The quantitative estimate of drug-likeness (QED) is 0.807. The lowest BCUT2D eigenvalue weighted by atomic mass is 10.2. The van der Waals surface area contributed by atoms with Gasteiger partial charge >= 0.3 is 5.97 Å². The van der Waals surface area contributed by atoms with Crippen LogP contribution in [-0.2, 0) is 9.53 Å². The Labute approximate surface area is 153 Å². The molecule has 132 valence electrons. The molecule has 3 rings (SSSR count). The van der Waals surface area contributed by atoms with Crippen LogP contribution in [-0.4, -0.2) is 27.7 Å². The first kappa shape index (κ1) is 17.9. The predicted octanol–water partition coefficient (Wildman–Crippen LogP) is 4.41. The van der Waals surface area contributed by atoms with Crippen LogP contribution in [0.5, 0.6) is 0 Å². The third-order valence-electron chi connectivity index (χ3n) is 3.39. The van der Waals surface area contributed by atoms with Crippen LogP contribution in [0.2, 0.25) is 0 Å². The first-order chi connectivity index (χ1) is 12.6. The number of carbonyl (C=O) groups excluding carboxylic acids is 1. The summed E-state index contributed by atoms with van der Waals surface area (Å²) in [5, 5.41) is 10.8. The van der Waals surface area contributed by atoms with Gasteiger partial charge in [-0.1, -0.05) is 17.8 Å². The number of carbonyl (C=O) groups is 1. The SMILES string of the molecule is CCOC(=O)C1=C(O)C(=Cc2ccccn2)SC1=Nc1ccc(F)cc1. The summed E-state index contributed by atoms with van der Waals surface area (Å²) < 4.78 is 18.1. The average molecular weight is 370 g/mol. The van der Waals surface area contributed by atoms with E-state index in [-0.39, 0.29) is 28.8 Å². The second-order valence-electron chi connectivity index (χ2n) is 5.20. The number of ether oxygens (including phenoxy) is 1. The Hall–Kier alpha value is -2.93. The zero-order chi connectivity index (χ0) is 18.5.